The molecule has 1 N–H and O–H groups in total. The minimum Gasteiger partial charge on any atom is -0.375 e. The lowest BCUT2D eigenvalue weighted by Crippen LogP contribution is -2.85. The zero-order valence-corrected chi connectivity index (χ0v) is 18.9. The molecule has 29 heavy (non-hydrogen) atoms. The Kier molecular flexibility index (Phi) is 5.74. The van der Waals surface area contributed by atoms with Crippen molar-refractivity contribution in [2.45, 2.75) is 32.9 Å². The summed E-state index contributed by atoms with van der Waals surface area (Å²) < 4.78 is 30.4. The van der Waals surface area contributed by atoms with Crippen molar-refractivity contribution in [3.05, 3.63) is 34.6 Å². The Morgan fingerprint density at radius 1 is 1.10 bits per heavy atom. The first-order valence-electron chi connectivity index (χ1n) is 9.49. The lowest BCUT2D eigenvalue weighted by Gasteiger charge is -2.74. The number of hydrogen-bond donors (Lipinski definition) is 1. The van der Waals surface area contributed by atoms with Crippen LogP contribution < -0.4 is 0 Å². The summed E-state index contributed by atoms with van der Waals surface area (Å²) in [6.07, 6.45) is -1.89. The monoisotopic (exact) mass is 410 g/mol. The van der Waals surface area contributed by atoms with E-state index in [0.29, 0.717) is 0 Å². The topological polar surface area (TPSA) is 64.3 Å². The Balaban J connectivity index is 2.80. The van der Waals surface area contributed by atoms with Crippen molar-refractivity contribution < 1.29 is 18.7 Å². The van der Waals surface area contributed by atoms with Gasteiger partial charge in [0, 0.05) is 5.56 Å². The molecular weight excluding hydrogens is 388 g/mol. The molecule has 2 rings (SSSR count). The average Bonchev–Trinajstić information content (AvgIpc) is 2.60. The van der Waals surface area contributed by atoms with E-state index in [0.717, 1.165) is 6.07 Å². The summed E-state index contributed by atoms with van der Waals surface area (Å²) in [6.45, 7) is 0. The summed E-state index contributed by atoms with van der Waals surface area (Å²) in [5.41, 5.74) is -2.16. The van der Waals surface area contributed by atoms with E-state index in [9.17, 15) is 19.6 Å². The van der Waals surface area contributed by atoms with Crippen LogP contribution in [0, 0.1) is 17.1 Å². The number of likely N-dealkylation sites (tertiary alicyclic amines) is 1. The molecule has 0 spiro atoms. The Morgan fingerprint density at radius 2 is 1.55 bits per heavy atom. The van der Waals surface area contributed by atoms with E-state index in [-0.39, 0.29) is 10.6 Å². The number of halogens is 3. The second-order valence-electron chi connectivity index (χ2n) is 9.88. The fourth-order valence-corrected chi connectivity index (χ4v) is 5.15. The first-order valence-corrected chi connectivity index (χ1v) is 9.87. The van der Waals surface area contributed by atoms with Gasteiger partial charge in [-0.15, -0.1) is 0 Å². The number of rotatable bonds is 2. The SMILES string of the molecule is BC1(B)N(C(=O)c2ccc(F)c(Cl)c2)C(B)(B)C(B)(B)C(F)(C(O)C#N)C1(B)B. The van der Waals surface area contributed by atoms with Crippen molar-refractivity contribution in [3.63, 3.8) is 0 Å². The normalized spacial score (nSPS) is 24.2. The molecule has 0 radical (unpaired) electrons. The maximum Gasteiger partial charge on any atom is 0.252 e. The van der Waals surface area contributed by atoms with Gasteiger partial charge < -0.3 is 10.0 Å². The number of hydrogen-bond acceptors (Lipinski definition) is 3. The summed E-state index contributed by atoms with van der Waals surface area (Å²) in [6, 6.07) is 5.39. The van der Waals surface area contributed by atoms with Gasteiger partial charge in [0.05, 0.1) is 11.1 Å². The van der Waals surface area contributed by atoms with E-state index in [1.54, 1.807) is 73.7 Å². The predicted molar refractivity (Wildman–Crippen MR) is 132 cm³/mol. The zero-order valence-electron chi connectivity index (χ0n) is 18.2. The van der Waals surface area contributed by atoms with Gasteiger partial charge >= 0.3 is 0 Å². The molecule has 0 saturated carbocycles. The largest absolute Gasteiger partial charge is 0.375 e. The van der Waals surface area contributed by atoms with Gasteiger partial charge in [-0.2, -0.15) is 5.26 Å². The van der Waals surface area contributed by atoms with Gasteiger partial charge in [-0.05, 0) is 39.3 Å². The minimum absolute atomic E-state index is 0.177. The Morgan fingerprint density at radius 3 is 1.93 bits per heavy atom. The summed E-state index contributed by atoms with van der Waals surface area (Å²) in [4.78, 5) is 15.2. The minimum atomic E-state index is -2.33. The standard InChI is InChI=1S/C14H21B8ClF2N2O2/c15-11(16)10(25,8(28)4-26)12(17,18)14(21,22)27(13(11,19)20)9(29)5-1-2-7(24)6(23)3-5/h1-3,8,28H,15-22H2. The highest BCUT2D eigenvalue weighted by Gasteiger charge is 2.74. The summed E-state index contributed by atoms with van der Waals surface area (Å²) >= 11 is 5.88. The molecule has 1 saturated heterocycles. The number of nitriles is 1. The van der Waals surface area contributed by atoms with Crippen molar-refractivity contribution in [1.82, 2.24) is 4.90 Å². The van der Waals surface area contributed by atoms with Crippen LogP contribution in [0.15, 0.2) is 18.2 Å². The maximum absolute atomic E-state index is 16.8. The summed E-state index contributed by atoms with van der Waals surface area (Å²) in [5.74, 6) is -1.07. The van der Waals surface area contributed by atoms with Crippen LogP contribution in [0.5, 0.6) is 0 Å². The van der Waals surface area contributed by atoms with Crippen LogP contribution in [0.25, 0.3) is 0 Å². The fourth-order valence-electron chi connectivity index (χ4n) is 4.97. The molecule has 1 fully saturated rings. The lowest BCUT2D eigenvalue weighted by molar-refractivity contribution is -0.0724. The second kappa shape index (κ2) is 6.92. The Labute approximate surface area is 182 Å². The van der Waals surface area contributed by atoms with E-state index in [2.05, 4.69) is 0 Å². The number of aliphatic hydroxyl groups is 1. The lowest BCUT2D eigenvalue weighted by atomic mass is 9.14. The molecule has 1 aliphatic rings. The molecule has 144 valence electrons. The number of alkyl halides is 1. The van der Waals surface area contributed by atoms with Gasteiger partial charge in [-0.1, -0.05) is 11.6 Å². The van der Waals surface area contributed by atoms with E-state index in [1.807, 2.05) is 0 Å². The molecular formula is C14H21B8ClF2N2O2. The number of piperidine rings is 1. The number of amides is 1. The highest BCUT2D eigenvalue weighted by atomic mass is 35.5. The van der Waals surface area contributed by atoms with Crippen LogP contribution in [-0.2, 0) is 0 Å². The van der Waals surface area contributed by atoms with Gasteiger partial charge in [-0.3, -0.25) is 4.79 Å². The molecule has 0 bridgehead atoms. The number of benzene rings is 1. The quantitative estimate of drug-likeness (QED) is 0.391. The molecule has 1 aliphatic heterocycles. The highest BCUT2D eigenvalue weighted by Crippen LogP contribution is 2.65. The van der Waals surface area contributed by atoms with Gasteiger partial charge in [0.2, 0.25) is 0 Å². The Bertz CT molecular complexity index is 880. The van der Waals surface area contributed by atoms with Crippen LogP contribution in [0.3, 0.4) is 0 Å². The number of nitrogens with zero attached hydrogens (tertiary/aromatic N) is 2. The molecule has 1 aromatic carbocycles. The molecule has 1 atom stereocenters. The van der Waals surface area contributed by atoms with Crippen molar-refractivity contribution in [2.75, 3.05) is 0 Å². The van der Waals surface area contributed by atoms with Crippen LogP contribution in [0.1, 0.15) is 10.4 Å². The molecule has 15 heteroatoms. The van der Waals surface area contributed by atoms with Crippen LogP contribution in [-0.4, -0.2) is 101 Å². The fraction of sp³-hybridized carbons (Fsp3) is 0.429. The molecule has 1 aromatic rings. The third kappa shape index (κ3) is 2.87. The van der Waals surface area contributed by atoms with Gasteiger partial charge in [0.1, 0.15) is 74.3 Å². The smallest absolute Gasteiger partial charge is 0.252 e. The highest BCUT2D eigenvalue weighted by molar-refractivity contribution is 6.62. The molecule has 1 amide bonds. The zero-order chi connectivity index (χ0) is 22.8. The summed E-state index contributed by atoms with van der Waals surface area (Å²) in [5, 5.41) is 14.8. The molecule has 1 unspecified atom stereocenters. The molecule has 4 nitrogen and oxygen atoms in total. The van der Waals surface area contributed by atoms with Crippen molar-refractivity contribution in [2.24, 2.45) is 0 Å². The van der Waals surface area contributed by atoms with Crippen LogP contribution in [0.2, 0.25) is 15.5 Å². The van der Waals surface area contributed by atoms with E-state index >= 15 is 4.39 Å². The number of carbonyl (C=O) groups excluding carboxylic acids is 1. The van der Waals surface area contributed by atoms with E-state index in [1.165, 1.54) is 12.1 Å². The molecule has 0 aromatic heterocycles. The van der Waals surface area contributed by atoms with E-state index in [4.69, 9.17) is 11.6 Å². The van der Waals surface area contributed by atoms with Gasteiger partial charge in [0.15, 0.2) is 6.10 Å². The first-order chi connectivity index (χ1) is 12.9. The number of carbonyl (C=O) groups is 1. The maximum atomic E-state index is 16.8. The Hall–Kier alpha value is -1.19. The predicted octanol–water partition coefficient (Wildman–Crippen LogP) is -5.87. The van der Waals surface area contributed by atoms with Crippen LogP contribution in [0.4, 0.5) is 8.78 Å². The average molecular weight is 409 g/mol. The summed E-state index contributed by atoms with van der Waals surface area (Å²) in [7, 11) is 13.3. The molecule has 0 aliphatic carbocycles. The second-order valence-corrected chi connectivity index (χ2v) is 10.3. The number of aliphatic hydroxyl groups excluding tert-OH is 1. The third-order valence-corrected chi connectivity index (χ3v) is 8.15. The van der Waals surface area contributed by atoms with Crippen molar-refractivity contribution >= 4 is 80.3 Å². The van der Waals surface area contributed by atoms with Crippen molar-refractivity contribution in [1.29, 1.82) is 5.26 Å². The molecule has 1 heterocycles. The van der Waals surface area contributed by atoms with Gasteiger partial charge in [0.25, 0.3) is 5.91 Å². The third-order valence-electron chi connectivity index (χ3n) is 7.86. The van der Waals surface area contributed by atoms with Crippen molar-refractivity contribution in [3.8, 4) is 6.07 Å². The van der Waals surface area contributed by atoms with Gasteiger partial charge in [-0.25, -0.2) is 8.78 Å². The first kappa shape index (κ1) is 24.1. The van der Waals surface area contributed by atoms with E-state index < -0.39 is 44.6 Å². The van der Waals surface area contributed by atoms with Crippen LogP contribution >= 0.6 is 11.6 Å².